The van der Waals surface area contributed by atoms with Crippen LogP contribution in [-0.4, -0.2) is 35.0 Å². The number of carboxylic acid groups (broad SMARTS) is 1. The highest BCUT2D eigenvalue weighted by Gasteiger charge is 2.26. The number of benzene rings is 1. The van der Waals surface area contributed by atoms with Gasteiger partial charge in [-0.15, -0.1) is 11.3 Å². The van der Waals surface area contributed by atoms with Crippen molar-refractivity contribution in [3.8, 4) is 0 Å². The highest BCUT2D eigenvalue weighted by Crippen LogP contribution is 2.28. The Hall–Kier alpha value is -1.88. The molecule has 1 aromatic carbocycles. The largest absolute Gasteiger partial charge is 0.481 e. The summed E-state index contributed by atoms with van der Waals surface area (Å²) in [7, 11) is 0. The molecule has 1 amide bonds. The summed E-state index contributed by atoms with van der Waals surface area (Å²) >= 11 is 1.51. The Balaban J connectivity index is 1.76. The molecule has 2 heterocycles. The van der Waals surface area contributed by atoms with Gasteiger partial charge in [0, 0.05) is 24.2 Å². The van der Waals surface area contributed by atoms with E-state index in [-0.39, 0.29) is 18.2 Å². The number of hydrogen-bond acceptors (Lipinski definition) is 3. The fourth-order valence-electron chi connectivity index (χ4n) is 2.91. The summed E-state index contributed by atoms with van der Waals surface area (Å²) < 4.78 is 1.11. The molecule has 1 atom stereocenters. The number of aliphatic carboxylic acids is 1. The Labute approximate surface area is 127 Å². The molecule has 1 N–H and O–H groups in total. The smallest absolute Gasteiger partial charge is 0.303 e. The Morgan fingerprint density at radius 1 is 1.33 bits per heavy atom. The Morgan fingerprint density at radius 2 is 2.14 bits per heavy atom. The predicted octanol–water partition coefficient (Wildman–Crippen LogP) is 3.23. The number of carboxylic acids is 1. The topological polar surface area (TPSA) is 57.6 Å². The second kappa shape index (κ2) is 5.85. The van der Waals surface area contributed by atoms with Gasteiger partial charge in [0.15, 0.2) is 0 Å². The first kappa shape index (κ1) is 14.1. The molecule has 110 valence electrons. The zero-order valence-electron chi connectivity index (χ0n) is 11.6. The first-order valence-electron chi connectivity index (χ1n) is 7.13. The van der Waals surface area contributed by atoms with Crippen molar-refractivity contribution in [2.24, 2.45) is 5.92 Å². The Kier molecular flexibility index (Phi) is 3.92. The summed E-state index contributed by atoms with van der Waals surface area (Å²) in [5, 5.41) is 9.99. The van der Waals surface area contributed by atoms with Crippen molar-refractivity contribution in [2.45, 2.75) is 19.3 Å². The maximum absolute atomic E-state index is 12.6. The summed E-state index contributed by atoms with van der Waals surface area (Å²) in [4.78, 5) is 26.0. The van der Waals surface area contributed by atoms with Crippen LogP contribution in [0.5, 0.6) is 0 Å². The number of thiophene rings is 1. The van der Waals surface area contributed by atoms with Gasteiger partial charge in [0.25, 0.3) is 5.91 Å². The minimum atomic E-state index is -0.781. The molecule has 0 bridgehead atoms. The number of carbonyl (C=O) groups excluding carboxylic acids is 1. The van der Waals surface area contributed by atoms with Crippen LogP contribution in [0.15, 0.2) is 30.3 Å². The molecule has 0 saturated carbocycles. The van der Waals surface area contributed by atoms with Gasteiger partial charge in [0.05, 0.1) is 4.88 Å². The number of piperidine rings is 1. The molecular weight excluding hydrogens is 286 g/mol. The Morgan fingerprint density at radius 3 is 2.90 bits per heavy atom. The van der Waals surface area contributed by atoms with E-state index in [1.807, 2.05) is 35.2 Å². The number of nitrogens with zero attached hydrogens (tertiary/aromatic N) is 1. The van der Waals surface area contributed by atoms with Crippen LogP contribution < -0.4 is 0 Å². The van der Waals surface area contributed by atoms with E-state index in [4.69, 9.17) is 5.11 Å². The molecule has 1 unspecified atom stereocenters. The lowest BCUT2D eigenvalue weighted by Crippen LogP contribution is -2.40. The predicted molar refractivity (Wildman–Crippen MR) is 82.7 cm³/mol. The summed E-state index contributed by atoms with van der Waals surface area (Å²) in [6.45, 7) is 1.28. The maximum Gasteiger partial charge on any atom is 0.303 e. The van der Waals surface area contributed by atoms with Gasteiger partial charge in [-0.3, -0.25) is 9.59 Å². The lowest BCUT2D eigenvalue weighted by molar-refractivity contribution is -0.138. The van der Waals surface area contributed by atoms with Gasteiger partial charge in [-0.1, -0.05) is 18.2 Å². The van der Waals surface area contributed by atoms with Gasteiger partial charge in [-0.2, -0.15) is 0 Å². The van der Waals surface area contributed by atoms with Gasteiger partial charge in [0.1, 0.15) is 0 Å². The van der Waals surface area contributed by atoms with Crippen LogP contribution >= 0.6 is 11.3 Å². The molecule has 1 aromatic heterocycles. The fourth-order valence-corrected chi connectivity index (χ4v) is 3.94. The molecule has 0 spiro atoms. The second-order valence-corrected chi connectivity index (χ2v) is 6.59. The molecule has 1 fully saturated rings. The molecule has 1 aliphatic heterocycles. The summed E-state index contributed by atoms with van der Waals surface area (Å²) in [6.07, 6.45) is 1.92. The highest BCUT2D eigenvalue weighted by molar-refractivity contribution is 7.20. The van der Waals surface area contributed by atoms with Crippen LogP contribution in [0, 0.1) is 5.92 Å². The van der Waals surface area contributed by atoms with E-state index in [0.29, 0.717) is 6.54 Å². The number of rotatable bonds is 3. The van der Waals surface area contributed by atoms with Crippen molar-refractivity contribution < 1.29 is 14.7 Å². The van der Waals surface area contributed by atoms with Gasteiger partial charge in [-0.05, 0) is 36.3 Å². The maximum atomic E-state index is 12.6. The van der Waals surface area contributed by atoms with E-state index < -0.39 is 5.97 Å². The molecule has 0 radical (unpaired) electrons. The van der Waals surface area contributed by atoms with Crippen LogP contribution in [-0.2, 0) is 4.79 Å². The van der Waals surface area contributed by atoms with Crippen molar-refractivity contribution in [1.82, 2.24) is 4.90 Å². The normalized spacial score (nSPS) is 18.9. The number of likely N-dealkylation sites (tertiary alicyclic amines) is 1. The Bertz CT molecular complexity index is 646. The van der Waals surface area contributed by atoms with Crippen LogP contribution in [0.3, 0.4) is 0 Å². The second-order valence-electron chi connectivity index (χ2n) is 5.51. The lowest BCUT2D eigenvalue weighted by Gasteiger charge is -2.31. The molecule has 4 nitrogen and oxygen atoms in total. The van der Waals surface area contributed by atoms with Gasteiger partial charge < -0.3 is 10.0 Å². The first-order chi connectivity index (χ1) is 10.1. The first-order valence-corrected chi connectivity index (χ1v) is 7.95. The van der Waals surface area contributed by atoms with Crippen LogP contribution in [0.2, 0.25) is 0 Å². The summed E-state index contributed by atoms with van der Waals surface area (Å²) in [5.74, 6) is -0.669. The van der Waals surface area contributed by atoms with Gasteiger partial charge >= 0.3 is 5.97 Å². The minimum Gasteiger partial charge on any atom is -0.481 e. The SMILES string of the molecule is O=C(O)CC1CCCN(C(=O)c2cc3ccccc3s2)C1. The van der Waals surface area contributed by atoms with E-state index in [0.717, 1.165) is 34.3 Å². The lowest BCUT2D eigenvalue weighted by atomic mass is 9.95. The summed E-state index contributed by atoms with van der Waals surface area (Å²) in [5.41, 5.74) is 0. The highest BCUT2D eigenvalue weighted by atomic mass is 32.1. The average Bonchev–Trinajstić information content (AvgIpc) is 2.90. The third kappa shape index (κ3) is 3.08. The number of amides is 1. The minimum absolute atomic E-state index is 0.0336. The number of fused-ring (bicyclic) bond motifs is 1. The zero-order chi connectivity index (χ0) is 14.8. The fraction of sp³-hybridized carbons (Fsp3) is 0.375. The van der Waals surface area contributed by atoms with E-state index in [1.54, 1.807) is 0 Å². The van der Waals surface area contributed by atoms with Crippen molar-refractivity contribution in [3.05, 3.63) is 35.2 Å². The monoisotopic (exact) mass is 303 g/mol. The zero-order valence-corrected chi connectivity index (χ0v) is 12.4. The third-order valence-corrected chi connectivity index (χ3v) is 5.01. The molecule has 3 rings (SSSR count). The van der Waals surface area contributed by atoms with Crippen LogP contribution in [0.25, 0.3) is 10.1 Å². The molecule has 0 aliphatic carbocycles. The van der Waals surface area contributed by atoms with Crippen LogP contribution in [0.4, 0.5) is 0 Å². The average molecular weight is 303 g/mol. The van der Waals surface area contributed by atoms with Crippen molar-refractivity contribution >= 4 is 33.3 Å². The van der Waals surface area contributed by atoms with Gasteiger partial charge in [-0.25, -0.2) is 0 Å². The quantitative estimate of drug-likeness (QED) is 0.947. The molecule has 1 aliphatic rings. The van der Waals surface area contributed by atoms with Crippen molar-refractivity contribution in [1.29, 1.82) is 0 Å². The standard InChI is InChI=1S/C16H17NO3S/c18-15(19)8-11-4-3-7-17(10-11)16(20)14-9-12-5-1-2-6-13(12)21-14/h1-2,5-6,9,11H,3-4,7-8,10H2,(H,18,19). The van der Waals surface area contributed by atoms with E-state index in [1.165, 1.54) is 11.3 Å². The van der Waals surface area contributed by atoms with E-state index >= 15 is 0 Å². The van der Waals surface area contributed by atoms with E-state index in [9.17, 15) is 9.59 Å². The number of hydrogen-bond donors (Lipinski definition) is 1. The molecule has 1 saturated heterocycles. The van der Waals surface area contributed by atoms with Crippen molar-refractivity contribution in [2.75, 3.05) is 13.1 Å². The van der Waals surface area contributed by atoms with Crippen molar-refractivity contribution in [3.63, 3.8) is 0 Å². The number of carbonyl (C=O) groups is 2. The van der Waals surface area contributed by atoms with E-state index in [2.05, 4.69) is 0 Å². The summed E-state index contributed by atoms with van der Waals surface area (Å²) in [6, 6.07) is 9.89. The van der Waals surface area contributed by atoms with Crippen LogP contribution in [0.1, 0.15) is 28.9 Å². The molecular formula is C16H17NO3S. The third-order valence-electron chi connectivity index (χ3n) is 3.91. The molecule has 2 aromatic rings. The molecule has 21 heavy (non-hydrogen) atoms. The van der Waals surface area contributed by atoms with Gasteiger partial charge in [0.2, 0.25) is 0 Å². The molecule has 5 heteroatoms.